The van der Waals surface area contributed by atoms with Gasteiger partial charge in [-0.05, 0) is 30.3 Å². The third-order valence-corrected chi connectivity index (χ3v) is 3.41. The average molecular weight is 319 g/mol. The first kappa shape index (κ1) is 15.1. The monoisotopic (exact) mass is 319 g/mol. The van der Waals surface area contributed by atoms with Gasteiger partial charge in [-0.2, -0.15) is 18.3 Å². The van der Waals surface area contributed by atoms with Gasteiger partial charge in [-0.15, -0.1) is 0 Å². The molecule has 1 aromatic heterocycles. The van der Waals surface area contributed by atoms with Crippen molar-refractivity contribution in [3.05, 3.63) is 70.6 Å². The van der Waals surface area contributed by atoms with E-state index < -0.39 is 11.7 Å². The van der Waals surface area contributed by atoms with Crippen LogP contribution in [0.3, 0.4) is 0 Å². The fourth-order valence-corrected chi connectivity index (χ4v) is 2.18. The Kier molecular flexibility index (Phi) is 3.77. The number of nitrogens with one attached hydrogen (secondary N) is 1. The first-order valence-electron chi connectivity index (χ1n) is 6.81. The maximum Gasteiger partial charge on any atom is 0.416 e. The lowest BCUT2D eigenvalue weighted by Crippen LogP contribution is -2.26. The average Bonchev–Trinajstić information content (AvgIpc) is 2.54. The van der Waals surface area contributed by atoms with Gasteiger partial charge in [0.15, 0.2) is 0 Å². The van der Waals surface area contributed by atoms with Gasteiger partial charge in [0, 0.05) is 11.1 Å². The van der Waals surface area contributed by atoms with Crippen molar-refractivity contribution >= 4 is 16.5 Å². The molecule has 0 radical (unpaired) electrons. The lowest BCUT2D eigenvalue weighted by molar-refractivity contribution is -0.137. The predicted molar refractivity (Wildman–Crippen MR) is 81.1 cm³/mol. The zero-order chi connectivity index (χ0) is 16.4. The van der Waals surface area contributed by atoms with E-state index >= 15 is 0 Å². The summed E-state index contributed by atoms with van der Waals surface area (Å²) < 4.78 is 38.7. The lowest BCUT2D eigenvalue weighted by atomic mass is 10.2. The van der Waals surface area contributed by atoms with Crippen molar-refractivity contribution in [3.63, 3.8) is 0 Å². The number of alkyl halides is 3. The topological polar surface area (TPSA) is 46.9 Å². The fraction of sp³-hybridized carbons (Fsp3) is 0.125. The smallest absolute Gasteiger partial charge is 0.366 e. The van der Waals surface area contributed by atoms with Gasteiger partial charge in [0.25, 0.3) is 5.56 Å². The molecule has 2 aromatic carbocycles. The van der Waals surface area contributed by atoms with Crippen LogP contribution in [0.1, 0.15) is 5.56 Å². The molecule has 0 aliphatic carbocycles. The minimum atomic E-state index is -4.37. The summed E-state index contributed by atoms with van der Waals surface area (Å²) in [6.07, 6.45) is -2.79. The first-order valence-corrected chi connectivity index (χ1v) is 6.81. The fourth-order valence-electron chi connectivity index (χ4n) is 2.18. The number of halogens is 3. The van der Waals surface area contributed by atoms with Crippen molar-refractivity contribution in [1.82, 2.24) is 9.78 Å². The molecule has 1 N–H and O–H groups in total. The van der Waals surface area contributed by atoms with Crippen LogP contribution in [0.25, 0.3) is 10.8 Å². The van der Waals surface area contributed by atoms with Crippen LogP contribution in [0.5, 0.6) is 0 Å². The van der Waals surface area contributed by atoms with E-state index in [0.717, 1.165) is 17.5 Å². The van der Waals surface area contributed by atoms with Crippen molar-refractivity contribution in [2.24, 2.45) is 0 Å². The molecule has 3 rings (SSSR count). The molecule has 4 nitrogen and oxygen atoms in total. The van der Waals surface area contributed by atoms with Crippen LogP contribution in [0.4, 0.5) is 18.9 Å². The normalized spacial score (nSPS) is 11.6. The largest absolute Gasteiger partial charge is 0.416 e. The highest BCUT2D eigenvalue weighted by atomic mass is 19.4. The van der Waals surface area contributed by atoms with Gasteiger partial charge in [-0.3, -0.25) is 4.79 Å². The van der Waals surface area contributed by atoms with Crippen LogP contribution in [0.2, 0.25) is 0 Å². The Hall–Kier alpha value is -2.83. The summed E-state index contributed by atoms with van der Waals surface area (Å²) in [4.78, 5) is 12.2. The third-order valence-electron chi connectivity index (χ3n) is 3.41. The minimum Gasteiger partial charge on any atom is -0.366 e. The second-order valence-electron chi connectivity index (χ2n) is 4.95. The number of hydrogen-bond donors (Lipinski definition) is 1. The highest BCUT2D eigenvalue weighted by molar-refractivity contribution is 5.80. The molecule has 0 spiro atoms. The van der Waals surface area contributed by atoms with Crippen molar-refractivity contribution in [2.75, 3.05) is 5.32 Å². The van der Waals surface area contributed by atoms with E-state index in [1.807, 2.05) is 6.07 Å². The van der Waals surface area contributed by atoms with E-state index in [-0.39, 0.29) is 12.2 Å². The van der Waals surface area contributed by atoms with Crippen LogP contribution >= 0.6 is 0 Å². The Morgan fingerprint density at radius 2 is 1.74 bits per heavy atom. The zero-order valence-electron chi connectivity index (χ0n) is 11.8. The van der Waals surface area contributed by atoms with Gasteiger partial charge in [-0.1, -0.05) is 18.2 Å². The molecule has 1 heterocycles. The van der Waals surface area contributed by atoms with E-state index in [0.29, 0.717) is 11.1 Å². The summed E-state index contributed by atoms with van der Waals surface area (Å²) in [7, 11) is 0. The molecule has 0 fully saturated rings. The number of anilines is 1. The molecule has 118 valence electrons. The molecule has 0 saturated heterocycles. The quantitative estimate of drug-likeness (QED) is 0.804. The van der Waals surface area contributed by atoms with E-state index in [1.54, 1.807) is 24.4 Å². The summed E-state index contributed by atoms with van der Waals surface area (Å²) in [5.74, 6) is 0. The predicted octanol–water partition coefficient (Wildman–Crippen LogP) is 3.48. The van der Waals surface area contributed by atoms with Crippen LogP contribution in [0, 0.1) is 0 Å². The number of fused-ring (bicyclic) bond motifs is 1. The summed E-state index contributed by atoms with van der Waals surface area (Å²) >= 11 is 0. The molecular weight excluding hydrogens is 307 g/mol. The number of rotatable bonds is 3. The minimum absolute atomic E-state index is 0.0645. The molecular formula is C16H12F3N3O. The molecule has 0 saturated carbocycles. The van der Waals surface area contributed by atoms with Gasteiger partial charge in [0.05, 0.1) is 17.1 Å². The SMILES string of the molecule is O=c1c2ccccc2cnn1CNc1ccc(C(F)(F)F)cc1. The maximum absolute atomic E-state index is 12.5. The molecule has 23 heavy (non-hydrogen) atoms. The third kappa shape index (κ3) is 3.18. The van der Waals surface area contributed by atoms with Crippen molar-refractivity contribution < 1.29 is 13.2 Å². The summed E-state index contributed by atoms with van der Waals surface area (Å²) in [6.45, 7) is 0.0645. The molecule has 0 aliphatic heterocycles. The summed E-state index contributed by atoms with van der Waals surface area (Å²) in [6, 6.07) is 11.7. The Morgan fingerprint density at radius 1 is 1.04 bits per heavy atom. The highest BCUT2D eigenvalue weighted by Crippen LogP contribution is 2.29. The highest BCUT2D eigenvalue weighted by Gasteiger charge is 2.29. The first-order chi connectivity index (χ1) is 10.9. The van der Waals surface area contributed by atoms with Gasteiger partial charge in [0.1, 0.15) is 6.67 Å². The van der Waals surface area contributed by atoms with Crippen molar-refractivity contribution in [1.29, 1.82) is 0 Å². The number of benzene rings is 2. The Bertz CT molecular complexity index is 885. The summed E-state index contributed by atoms with van der Waals surface area (Å²) in [5, 5.41) is 8.20. The zero-order valence-corrected chi connectivity index (χ0v) is 11.8. The van der Waals surface area contributed by atoms with E-state index in [2.05, 4.69) is 10.4 Å². The molecule has 0 atom stereocenters. The number of hydrogen-bond acceptors (Lipinski definition) is 3. The van der Waals surface area contributed by atoms with Gasteiger partial charge in [0.2, 0.25) is 0 Å². The molecule has 0 amide bonds. The lowest BCUT2D eigenvalue weighted by Gasteiger charge is -2.10. The number of nitrogens with zero attached hydrogens (tertiary/aromatic N) is 2. The van der Waals surface area contributed by atoms with Crippen LogP contribution in [-0.2, 0) is 12.8 Å². The van der Waals surface area contributed by atoms with Crippen molar-refractivity contribution in [2.45, 2.75) is 12.8 Å². The van der Waals surface area contributed by atoms with Gasteiger partial charge >= 0.3 is 6.18 Å². The second-order valence-corrected chi connectivity index (χ2v) is 4.95. The van der Waals surface area contributed by atoms with Gasteiger partial charge < -0.3 is 5.32 Å². The molecule has 0 unspecified atom stereocenters. The summed E-state index contributed by atoms with van der Waals surface area (Å²) in [5.41, 5.74) is -0.508. The second kappa shape index (κ2) is 5.75. The van der Waals surface area contributed by atoms with E-state index in [1.165, 1.54) is 16.8 Å². The van der Waals surface area contributed by atoms with E-state index in [9.17, 15) is 18.0 Å². The number of aromatic nitrogens is 2. The van der Waals surface area contributed by atoms with Gasteiger partial charge in [-0.25, -0.2) is 4.68 Å². The maximum atomic E-state index is 12.5. The molecule has 0 bridgehead atoms. The molecule has 0 aliphatic rings. The Morgan fingerprint density at radius 3 is 2.43 bits per heavy atom. The van der Waals surface area contributed by atoms with Crippen LogP contribution in [0.15, 0.2) is 59.5 Å². The standard InChI is InChI=1S/C16H12F3N3O/c17-16(18,19)12-5-7-13(8-6-12)20-10-22-15(23)14-4-2-1-3-11(14)9-21-22/h1-9,20H,10H2. The van der Waals surface area contributed by atoms with Crippen LogP contribution < -0.4 is 10.9 Å². The Labute approximate surface area is 129 Å². The molecule has 3 aromatic rings. The molecule has 7 heteroatoms. The van der Waals surface area contributed by atoms with Crippen LogP contribution in [-0.4, -0.2) is 9.78 Å². The van der Waals surface area contributed by atoms with E-state index in [4.69, 9.17) is 0 Å². The Balaban J connectivity index is 1.78. The van der Waals surface area contributed by atoms with Crippen molar-refractivity contribution in [3.8, 4) is 0 Å².